The number of carbonyl (C=O) groups excluding carboxylic acids is 2. The highest BCUT2D eigenvalue weighted by molar-refractivity contribution is 7.89. The third kappa shape index (κ3) is 4.19. The van der Waals surface area contributed by atoms with E-state index in [1.165, 1.54) is 29.5 Å². The van der Waals surface area contributed by atoms with Crippen LogP contribution in [0.15, 0.2) is 34.4 Å². The van der Waals surface area contributed by atoms with Gasteiger partial charge in [0.05, 0.1) is 44.5 Å². The molecule has 0 N–H and O–H groups in total. The largest absolute Gasteiger partial charge is 0.466 e. The van der Waals surface area contributed by atoms with Gasteiger partial charge >= 0.3 is 11.9 Å². The molecule has 3 rings (SSSR count). The van der Waals surface area contributed by atoms with E-state index in [0.29, 0.717) is 24.5 Å². The van der Waals surface area contributed by atoms with Crippen LogP contribution in [0.5, 0.6) is 0 Å². The molecule has 1 aromatic carbocycles. The summed E-state index contributed by atoms with van der Waals surface area (Å²) in [6.45, 7) is 2.69. The highest BCUT2D eigenvalue weighted by Crippen LogP contribution is 2.31. The standard InChI is InChI=1S/C19H24N2O8S/c1-13-4-5-14(10-16(13)30(24,25)20-6-8-28-9-7-20)21-12-29-11-15(18(22)26-2)17(21)19(23)27-3/h4-5,10H,6-9,11-12H2,1-3H3. The first-order chi connectivity index (χ1) is 14.3. The molecule has 0 bridgehead atoms. The minimum absolute atomic E-state index is 0.00578. The van der Waals surface area contributed by atoms with Crippen LogP contribution < -0.4 is 4.90 Å². The Balaban J connectivity index is 2.08. The first-order valence-electron chi connectivity index (χ1n) is 9.25. The second-order valence-electron chi connectivity index (χ2n) is 6.68. The third-order valence-corrected chi connectivity index (χ3v) is 6.94. The van der Waals surface area contributed by atoms with E-state index in [2.05, 4.69) is 0 Å². The van der Waals surface area contributed by atoms with E-state index in [1.54, 1.807) is 19.1 Å². The molecule has 0 atom stereocenters. The molecular weight excluding hydrogens is 416 g/mol. The van der Waals surface area contributed by atoms with E-state index >= 15 is 0 Å². The maximum Gasteiger partial charge on any atom is 0.355 e. The van der Waals surface area contributed by atoms with Gasteiger partial charge in [0.1, 0.15) is 12.4 Å². The number of rotatable bonds is 5. The first kappa shape index (κ1) is 22.2. The number of methoxy groups -OCH3 is 2. The van der Waals surface area contributed by atoms with Gasteiger partial charge < -0.3 is 23.8 Å². The van der Waals surface area contributed by atoms with Gasteiger partial charge in [-0.25, -0.2) is 18.0 Å². The predicted molar refractivity (Wildman–Crippen MR) is 105 cm³/mol. The number of esters is 2. The van der Waals surface area contributed by atoms with Crippen molar-refractivity contribution in [3.05, 3.63) is 35.0 Å². The average Bonchev–Trinajstić information content (AvgIpc) is 2.78. The Morgan fingerprint density at radius 3 is 2.33 bits per heavy atom. The van der Waals surface area contributed by atoms with Crippen molar-refractivity contribution >= 4 is 27.6 Å². The smallest absolute Gasteiger partial charge is 0.355 e. The van der Waals surface area contributed by atoms with Crippen molar-refractivity contribution in [2.75, 3.05) is 58.8 Å². The summed E-state index contributed by atoms with van der Waals surface area (Å²) in [7, 11) is -1.38. The lowest BCUT2D eigenvalue weighted by atomic mass is 10.1. The number of carbonyl (C=O) groups is 2. The molecule has 10 nitrogen and oxygen atoms in total. The maximum absolute atomic E-state index is 13.2. The number of anilines is 1. The molecule has 30 heavy (non-hydrogen) atoms. The van der Waals surface area contributed by atoms with Crippen molar-refractivity contribution in [1.29, 1.82) is 0 Å². The minimum Gasteiger partial charge on any atom is -0.466 e. The summed E-state index contributed by atoms with van der Waals surface area (Å²) in [5.41, 5.74) is 0.872. The summed E-state index contributed by atoms with van der Waals surface area (Å²) >= 11 is 0. The molecule has 0 aliphatic carbocycles. The zero-order valence-corrected chi connectivity index (χ0v) is 17.9. The lowest BCUT2D eigenvalue weighted by Crippen LogP contribution is -2.41. The fraction of sp³-hybridized carbons (Fsp3) is 0.474. The van der Waals surface area contributed by atoms with Crippen LogP contribution in [0, 0.1) is 6.92 Å². The van der Waals surface area contributed by atoms with Gasteiger partial charge in [-0.05, 0) is 24.6 Å². The molecule has 164 valence electrons. The van der Waals surface area contributed by atoms with Gasteiger partial charge in [-0.15, -0.1) is 0 Å². The highest BCUT2D eigenvalue weighted by Gasteiger charge is 2.34. The molecule has 0 unspecified atom stereocenters. The zero-order chi connectivity index (χ0) is 21.9. The molecule has 11 heteroatoms. The maximum atomic E-state index is 13.2. The Hall–Kier alpha value is -2.47. The van der Waals surface area contributed by atoms with Gasteiger partial charge in [-0.3, -0.25) is 0 Å². The Bertz CT molecular complexity index is 967. The lowest BCUT2D eigenvalue weighted by Gasteiger charge is -2.32. The minimum atomic E-state index is -3.77. The van der Waals surface area contributed by atoms with Crippen LogP contribution >= 0.6 is 0 Å². The van der Waals surface area contributed by atoms with Gasteiger partial charge in [0.2, 0.25) is 10.0 Å². The fourth-order valence-electron chi connectivity index (χ4n) is 3.31. The summed E-state index contributed by atoms with van der Waals surface area (Å²) in [6, 6.07) is 4.76. The van der Waals surface area contributed by atoms with Gasteiger partial charge in [-0.2, -0.15) is 4.31 Å². The van der Waals surface area contributed by atoms with Gasteiger partial charge in [0.25, 0.3) is 0 Å². The van der Waals surface area contributed by atoms with E-state index in [1.807, 2.05) is 0 Å². The van der Waals surface area contributed by atoms with Crippen molar-refractivity contribution in [1.82, 2.24) is 4.31 Å². The van der Waals surface area contributed by atoms with Crippen LogP contribution in [-0.4, -0.2) is 78.5 Å². The van der Waals surface area contributed by atoms with Crippen molar-refractivity contribution in [2.45, 2.75) is 11.8 Å². The highest BCUT2D eigenvalue weighted by atomic mass is 32.2. The second-order valence-corrected chi connectivity index (χ2v) is 8.59. The van der Waals surface area contributed by atoms with Gasteiger partial charge in [0.15, 0.2) is 0 Å². The van der Waals surface area contributed by atoms with E-state index in [0.717, 1.165) is 0 Å². The van der Waals surface area contributed by atoms with Crippen molar-refractivity contribution in [3.8, 4) is 0 Å². The van der Waals surface area contributed by atoms with Crippen LogP contribution in [0.2, 0.25) is 0 Å². The Labute approximate surface area is 175 Å². The SMILES string of the molecule is COC(=O)C1=C(C(=O)OC)N(c2ccc(C)c(S(=O)(=O)N3CCOCC3)c2)COC1. The van der Waals surface area contributed by atoms with E-state index in [4.69, 9.17) is 18.9 Å². The van der Waals surface area contributed by atoms with Crippen molar-refractivity contribution < 1.29 is 37.0 Å². The quantitative estimate of drug-likeness (QED) is 0.601. The number of hydrogen-bond acceptors (Lipinski definition) is 9. The monoisotopic (exact) mass is 440 g/mol. The zero-order valence-electron chi connectivity index (χ0n) is 17.0. The number of sulfonamides is 1. The van der Waals surface area contributed by atoms with Crippen molar-refractivity contribution in [2.24, 2.45) is 0 Å². The van der Waals surface area contributed by atoms with Crippen LogP contribution in [0.4, 0.5) is 5.69 Å². The molecule has 1 aromatic rings. The van der Waals surface area contributed by atoms with Crippen LogP contribution in [0.3, 0.4) is 0 Å². The van der Waals surface area contributed by atoms with Gasteiger partial charge in [-0.1, -0.05) is 6.07 Å². The Morgan fingerprint density at radius 1 is 1.03 bits per heavy atom. The molecule has 2 heterocycles. The fourth-order valence-corrected chi connectivity index (χ4v) is 4.96. The van der Waals surface area contributed by atoms with Crippen LogP contribution in [0.25, 0.3) is 0 Å². The summed E-state index contributed by atoms with van der Waals surface area (Å²) in [6.07, 6.45) is 0. The van der Waals surface area contributed by atoms with E-state index < -0.39 is 22.0 Å². The summed E-state index contributed by atoms with van der Waals surface area (Å²) in [5.74, 6) is -1.48. The number of benzene rings is 1. The van der Waals surface area contributed by atoms with Crippen LogP contribution in [-0.2, 0) is 38.6 Å². The normalized spacial score (nSPS) is 18.3. The summed E-state index contributed by atoms with van der Waals surface area (Å²) in [5, 5.41) is 0. The topological polar surface area (TPSA) is 112 Å². The third-order valence-electron chi connectivity index (χ3n) is 4.90. The van der Waals surface area contributed by atoms with Gasteiger partial charge in [0, 0.05) is 18.8 Å². The molecule has 1 fully saturated rings. The number of hydrogen-bond donors (Lipinski definition) is 0. The summed E-state index contributed by atoms with van der Waals surface area (Å²) < 4.78 is 48.0. The first-order valence-corrected chi connectivity index (χ1v) is 10.7. The molecule has 0 saturated carbocycles. The number of aryl methyl sites for hydroxylation is 1. The molecule has 1 saturated heterocycles. The molecule has 2 aliphatic rings. The summed E-state index contributed by atoms with van der Waals surface area (Å²) in [4.78, 5) is 26.1. The molecular formula is C19H24N2O8S. The number of morpholine rings is 1. The molecule has 2 aliphatic heterocycles. The van der Waals surface area contributed by atoms with Crippen LogP contribution in [0.1, 0.15) is 5.56 Å². The Morgan fingerprint density at radius 2 is 1.70 bits per heavy atom. The molecule has 0 aromatic heterocycles. The van der Waals surface area contributed by atoms with E-state index in [-0.39, 0.29) is 42.6 Å². The second kappa shape index (κ2) is 9.13. The number of ether oxygens (including phenoxy) is 4. The molecule has 0 spiro atoms. The number of nitrogens with zero attached hydrogens (tertiary/aromatic N) is 2. The Kier molecular flexibility index (Phi) is 6.76. The van der Waals surface area contributed by atoms with E-state index in [9.17, 15) is 18.0 Å². The lowest BCUT2D eigenvalue weighted by molar-refractivity contribution is -0.140. The predicted octanol–water partition coefficient (Wildman–Crippen LogP) is 0.410. The van der Waals surface area contributed by atoms with Crippen molar-refractivity contribution in [3.63, 3.8) is 0 Å². The average molecular weight is 440 g/mol. The molecule has 0 amide bonds. The molecule has 0 radical (unpaired) electrons.